The van der Waals surface area contributed by atoms with Gasteiger partial charge in [-0.3, -0.25) is 10.1 Å². The number of benzene rings is 2. The van der Waals surface area contributed by atoms with Gasteiger partial charge in [0.1, 0.15) is 0 Å². The number of hydrogen-bond donors (Lipinski definition) is 3. The van der Waals surface area contributed by atoms with Gasteiger partial charge in [-0.25, -0.2) is 0 Å². The Morgan fingerprint density at radius 1 is 1.10 bits per heavy atom. The highest BCUT2D eigenvalue weighted by molar-refractivity contribution is 7.80. The fourth-order valence-electron chi connectivity index (χ4n) is 1.67. The normalized spacial score (nSPS) is 9.85. The lowest BCUT2D eigenvalue weighted by Gasteiger charge is -2.10. The maximum atomic E-state index is 11.9. The second-order valence-electron chi connectivity index (χ2n) is 4.13. The minimum atomic E-state index is -0.263. The van der Waals surface area contributed by atoms with Crippen LogP contribution in [0.2, 0.25) is 0 Å². The number of carbonyl (C=O) groups excluding carboxylic acids is 1. The monoisotopic (exact) mass is 286 g/mol. The van der Waals surface area contributed by atoms with Crippen molar-refractivity contribution >= 4 is 28.9 Å². The minimum Gasteiger partial charge on any atom is -0.392 e. The van der Waals surface area contributed by atoms with E-state index in [0.717, 1.165) is 11.3 Å². The summed E-state index contributed by atoms with van der Waals surface area (Å²) in [6.45, 7) is -0.0430. The van der Waals surface area contributed by atoms with Crippen molar-refractivity contribution in [3.05, 3.63) is 65.7 Å². The van der Waals surface area contributed by atoms with Crippen LogP contribution in [0, 0.1) is 0 Å². The molecule has 2 aromatic carbocycles. The Balaban J connectivity index is 1.97. The molecule has 0 unspecified atom stereocenters. The van der Waals surface area contributed by atoms with Crippen LogP contribution < -0.4 is 10.6 Å². The van der Waals surface area contributed by atoms with Crippen LogP contribution >= 0.6 is 12.2 Å². The van der Waals surface area contributed by atoms with Gasteiger partial charge in [0.05, 0.1) is 6.61 Å². The first-order valence-corrected chi connectivity index (χ1v) is 6.47. The molecule has 0 saturated heterocycles. The third-order valence-electron chi connectivity index (χ3n) is 2.63. The van der Waals surface area contributed by atoms with Gasteiger partial charge in [-0.05, 0) is 42.0 Å². The second kappa shape index (κ2) is 6.79. The summed E-state index contributed by atoms with van der Waals surface area (Å²) in [7, 11) is 0. The van der Waals surface area contributed by atoms with E-state index in [1.165, 1.54) is 0 Å². The first-order valence-electron chi connectivity index (χ1n) is 6.06. The molecule has 0 heterocycles. The fourth-order valence-corrected chi connectivity index (χ4v) is 1.89. The van der Waals surface area contributed by atoms with Crippen molar-refractivity contribution in [1.29, 1.82) is 0 Å². The number of aliphatic hydroxyl groups is 1. The van der Waals surface area contributed by atoms with E-state index in [-0.39, 0.29) is 17.6 Å². The third kappa shape index (κ3) is 3.88. The van der Waals surface area contributed by atoms with E-state index >= 15 is 0 Å². The van der Waals surface area contributed by atoms with Gasteiger partial charge in [-0.15, -0.1) is 0 Å². The van der Waals surface area contributed by atoms with E-state index in [9.17, 15) is 4.79 Å². The van der Waals surface area contributed by atoms with Crippen molar-refractivity contribution in [2.45, 2.75) is 6.61 Å². The Bertz CT molecular complexity index is 614. The van der Waals surface area contributed by atoms with Gasteiger partial charge in [0.25, 0.3) is 5.91 Å². The number of nitrogens with one attached hydrogen (secondary N) is 2. The quantitative estimate of drug-likeness (QED) is 0.758. The number of aliphatic hydroxyl groups excluding tert-OH is 1. The van der Waals surface area contributed by atoms with Crippen LogP contribution in [0.1, 0.15) is 15.9 Å². The smallest absolute Gasteiger partial charge is 0.257 e. The lowest BCUT2D eigenvalue weighted by Crippen LogP contribution is -2.34. The Morgan fingerprint density at radius 2 is 1.85 bits per heavy atom. The molecule has 2 aromatic rings. The van der Waals surface area contributed by atoms with Crippen LogP contribution in [0.15, 0.2) is 54.6 Å². The zero-order valence-corrected chi connectivity index (χ0v) is 11.5. The van der Waals surface area contributed by atoms with E-state index in [1.54, 1.807) is 48.5 Å². The van der Waals surface area contributed by atoms with Crippen molar-refractivity contribution in [1.82, 2.24) is 5.32 Å². The summed E-state index contributed by atoms with van der Waals surface area (Å²) in [5.41, 5.74) is 2.03. The van der Waals surface area contributed by atoms with Crippen molar-refractivity contribution in [3.63, 3.8) is 0 Å². The number of rotatable bonds is 3. The molecule has 0 bridgehead atoms. The molecular formula is C15H14N2O2S. The summed E-state index contributed by atoms with van der Waals surface area (Å²) in [6.07, 6.45) is 0. The summed E-state index contributed by atoms with van der Waals surface area (Å²) in [5.74, 6) is -0.263. The molecule has 0 saturated carbocycles. The third-order valence-corrected chi connectivity index (χ3v) is 2.83. The van der Waals surface area contributed by atoms with Gasteiger partial charge in [0.15, 0.2) is 5.11 Å². The van der Waals surface area contributed by atoms with Crippen molar-refractivity contribution < 1.29 is 9.90 Å². The molecule has 0 radical (unpaired) electrons. The maximum absolute atomic E-state index is 11.9. The second-order valence-corrected chi connectivity index (χ2v) is 4.54. The van der Waals surface area contributed by atoms with E-state index in [1.807, 2.05) is 6.07 Å². The van der Waals surface area contributed by atoms with E-state index in [0.29, 0.717) is 5.56 Å². The summed E-state index contributed by atoms with van der Waals surface area (Å²) in [4.78, 5) is 11.9. The van der Waals surface area contributed by atoms with Crippen molar-refractivity contribution in [2.75, 3.05) is 5.32 Å². The number of anilines is 1. The number of hydrogen-bond acceptors (Lipinski definition) is 3. The van der Waals surface area contributed by atoms with Crippen LogP contribution in [-0.2, 0) is 6.61 Å². The SMILES string of the molecule is O=C(NC(=S)Nc1cccc(CO)c1)c1ccccc1. The van der Waals surface area contributed by atoms with Crippen molar-refractivity contribution in [3.8, 4) is 0 Å². The average Bonchev–Trinajstić information content (AvgIpc) is 2.48. The van der Waals surface area contributed by atoms with Crippen LogP contribution in [0.25, 0.3) is 0 Å². The van der Waals surface area contributed by atoms with E-state index in [4.69, 9.17) is 17.3 Å². The van der Waals surface area contributed by atoms with Crippen LogP contribution in [-0.4, -0.2) is 16.1 Å². The molecule has 20 heavy (non-hydrogen) atoms. The molecule has 0 aliphatic heterocycles. The van der Waals surface area contributed by atoms with Gasteiger partial charge in [0, 0.05) is 11.3 Å². The molecule has 0 spiro atoms. The molecule has 4 nitrogen and oxygen atoms in total. The molecule has 0 aliphatic rings. The molecule has 0 aromatic heterocycles. The summed E-state index contributed by atoms with van der Waals surface area (Å²) in [5, 5.41) is 14.8. The Morgan fingerprint density at radius 3 is 2.55 bits per heavy atom. The molecule has 0 atom stereocenters. The molecule has 0 aliphatic carbocycles. The summed E-state index contributed by atoms with van der Waals surface area (Å²) in [6, 6.07) is 16.0. The Kier molecular flexibility index (Phi) is 4.81. The van der Waals surface area contributed by atoms with Gasteiger partial charge in [0.2, 0.25) is 0 Å². The highest BCUT2D eigenvalue weighted by Crippen LogP contribution is 2.10. The van der Waals surface area contributed by atoms with Crippen molar-refractivity contribution in [2.24, 2.45) is 0 Å². The lowest BCUT2D eigenvalue weighted by atomic mass is 10.2. The van der Waals surface area contributed by atoms with Gasteiger partial charge in [-0.2, -0.15) is 0 Å². The van der Waals surface area contributed by atoms with Crippen LogP contribution in [0.3, 0.4) is 0 Å². The predicted octanol–water partition coefficient (Wildman–Crippen LogP) is 2.31. The fraction of sp³-hybridized carbons (Fsp3) is 0.0667. The van der Waals surface area contributed by atoms with Gasteiger partial charge in [-0.1, -0.05) is 30.3 Å². The number of amides is 1. The predicted molar refractivity (Wildman–Crippen MR) is 82.5 cm³/mol. The topological polar surface area (TPSA) is 61.4 Å². The highest BCUT2D eigenvalue weighted by Gasteiger charge is 2.07. The molecular weight excluding hydrogens is 272 g/mol. The summed E-state index contributed by atoms with van der Waals surface area (Å²) < 4.78 is 0. The first-order chi connectivity index (χ1) is 9.69. The maximum Gasteiger partial charge on any atom is 0.257 e. The zero-order valence-electron chi connectivity index (χ0n) is 10.7. The molecule has 3 N–H and O–H groups in total. The first kappa shape index (κ1) is 14.2. The number of carbonyl (C=O) groups is 1. The van der Waals surface area contributed by atoms with E-state index < -0.39 is 0 Å². The Hall–Kier alpha value is -2.24. The lowest BCUT2D eigenvalue weighted by molar-refractivity contribution is 0.0977. The van der Waals surface area contributed by atoms with Gasteiger partial charge < -0.3 is 10.4 Å². The molecule has 102 valence electrons. The van der Waals surface area contributed by atoms with E-state index in [2.05, 4.69) is 10.6 Å². The zero-order chi connectivity index (χ0) is 14.4. The number of thiocarbonyl (C=S) groups is 1. The Labute approximate surface area is 122 Å². The highest BCUT2D eigenvalue weighted by atomic mass is 32.1. The molecule has 1 amide bonds. The van der Waals surface area contributed by atoms with Crippen LogP contribution in [0.5, 0.6) is 0 Å². The van der Waals surface area contributed by atoms with Gasteiger partial charge >= 0.3 is 0 Å². The average molecular weight is 286 g/mol. The standard InChI is InChI=1S/C15H14N2O2S/c18-10-11-5-4-8-13(9-11)16-15(20)17-14(19)12-6-2-1-3-7-12/h1-9,18H,10H2,(H2,16,17,19,20). The summed E-state index contributed by atoms with van der Waals surface area (Å²) >= 11 is 5.09. The largest absolute Gasteiger partial charge is 0.392 e. The minimum absolute atomic E-state index is 0.0430. The molecule has 5 heteroatoms. The van der Waals surface area contributed by atoms with Crippen LogP contribution in [0.4, 0.5) is 5.69 Å². The molecule has 2 rings (SSSR count). The molecule has 0 fully saturated rings.